The summed E-state index contributed by atoms with van der Waals surface area (Å²) in [7, 11) is 0. The van der Waals surface area contributed by atoms with Crippen molar-refractivity contribution in [1.29, 1.82) is 0 Å². The van der Waals surface area contributed by atoms with E-state index in [1.54, 1.807) is 26.8 Å². The molecule has 1 aromatic carbocycles. The number of hydrogen-bond acceptors (Lipinski definition) is 3. The number of amides is 1. The first kappa shape index (κ1) is 16.7. The number of rotatable bonds is 4. The standard InChI is InChI=1S/C14H18INO4/c1-14(2,3)20-13(19)16-12-9(7-8-11(17)18)5-4-6-10(12)15/h4-6H,7-8H2,1-3H3,(H,16,19)(H,17,18). The largest absolute Gasteiger partial charge is 0.481 e. The number of carbonyl (C=O) groups is 2. The van der Waals surface area contributed by atoms with Gasteiger partial charge in [-0.2, -0.15) is 0 Å². The second kappa shape index (κ2) is 6.92. The van der Waals surface area contributed by atoms with Gasteiger partial charge in [0.1, 0.15) is 5.60 Å². The number of hydrogen-bond donors (Lipinski definition) is 2. The van der Waals surface area contributed by atoms with Crippen LogP contribution in [0.3, 0.4) is 0 Å². The van der Waals surface area contributed by atoms with Gasteiger partial charge in [0.05, 0.1) is 5.69 Å². The summed E-state index contributed by atoms with van der Waals surface area (Å²) in [5.74, 6) is -0.868. The number of anilines is 1. The Morgan fingerprint density at radius 2 is 2.00 bits per heavy atom. The topological polar surface area (TPSA) is 75.6 Å². The van der Waals surface area contributed by atoms with Gasteiger partial charge >= 0.3 is 12.1 Å². The average Bonchev–Trinajstić information content (AvgIpc) is 2.27. The van der Waals surface area contributed by atoms with Crippen molar-refractivity contribution < 1.29 is 19.4 Å². The summed E-state index contributed by atoms with van der Waals surface area (Å²) < 4.78 is 6.05. The van der Waals surface area contributed by atoms with Crippen molar-refractivity contribution in [2.45, 2.75) is 39.2 Å². The van der Waals surface area contributed by atoms with E-state index < -0.39 is 17.7 Å². The molecule has 110 valence electrons. The van der Waals surface area contributed by atoms with Gasteiger partial charge in [0.25, 0.3) is 0 Å². The van der Waals surface area contributed by atoms with Crippen LogP contribution in [0.2, 0.25) is 0 Å². The third-order valence-corrected chi connectivity index (χ3v) is 3.23. The van der Waals surface area contributed by atoms with Crippen LogP contribution >= 0.6 is 22.6 Å². The van der Waals surface area contributed by atoms with E-state index in [0.29, 0.717) is 12.1 Å². The molecule has 0 unspecified atom stereocenters. The van der Waals surface area contributed by atoms with Crippen molar-refractivity contribution >= 4 is 40.3 Å². The SMILES string of the molecule is CC(C)(C)OC(=O)Nc1c(I)cccc1CCC(=O)O. The minimum Gasteiger partial charge on any atom is -0.481 e. The van der Waals surface area contributed by atoms with Crippen molar-refractivity contribution in [3.63, 3.8) is 0 Å². The van der Waals surface area contributed by atoms with Gasteiger partial charge in [-0.1, -0.05) is 12.1 Å². The predicted octanol–water partition coefficient (Wildman–Crippen LogP) is 3.66. The summed E-state index contributed by atoms with van der Waals surface area (Å²) in [6.45, 7) is 5.36. The predicted molar refractivity (Wildman–Crippen MR) is 85.0 cm³/mol. The molecule has 0 radical (unpaired) electrons. The van der Waals surface area contributed by atoms with Crippen LogP contribution in [0.1, 0.15) is 32.8 Å². The lowest BCUT2D eigenvalue weighted by Crippen LogP contribution is -2.27. The highest BCUT2D eigenvalue weighted by molar-refractivity contribution is 14.1. The lowest BCUT2D eigenvalue weighted by molar-refractivity contribution is -0.136. The molecule has 20 heavy (non-hydrogen) atoms. The highest BCUT2D eigenvalue weighted by Crippen LogP contribution is 2.25. The number of benzene rings is 1. The summed E-state index contributed by atoms with van der Waals surface area (Å²) in [5.41, 5.74) is 0.819. The lowest BCUT2D eigenvalue weighted by Gasteiger charge is -2.21. The van der Waals surface area contributed by atoms with Crippen molar-refractivity contribution in [1.82, 2.24) is 0 Å². The molecule has 0 aliphatic carbocycles. The van der Waals surface area contributed by atoms with Crippen LogP contribution in [-0.2, 0) is 16.0 Å². The normalized spacial score (nSPS) is 11.0. The number of para-hydroxylation sites is 1. The number of aryl methyl sites for hydroxylation is 1. The maximum Gasteiger partial charge on any atom is 0.412 e. The Hall–Kier alpha value is -1.31. The molecular weight excluding hydrogens is 373 g/mol. The minimum absolute atomic E-state index is 0.0170. The molecule has 0 spiro atoms. The lowest BCUT2D eigenvalue weighted by atomic mass is 10.1. The molecule has 1 aromatic rings. The zero-order valence-electron chi connectivity index (χ0n) is 11.7. The molecule has 0 aromatic heterocycles. The third-order valence-electron chi connectivity index (χ3n) is 2.33. The Morgan fingerprint density at radius 1 is 1.35 bits per heavy atom. The molecule has 0 saturated heterocycles. The highest BCUT2D eigenvalue weighted by atomic mass is 127. The van der Waals surface area contributed by atoms with E-state index in [4.69, 9.17) is 9.84 Å². The van der Waals surface area contributed by atoms with E-state index in [0.717, 1.165) is 9.13 Å². The quantitative estimate of drug-likeness (QED) is 0.769. The van der Waals surface area contributed by atoms with Gasteiger partial charge < -0.3 is 9.84 Å². The number of ether oxygens (including phenoxy) is 1. The Morgan fingerprint density at radius 3 is 2.55 bits per heavy atom. The Balaban J connectivity index is 2.87. The molecule has 1 rings (SSSR count). The average molecular weight is 391 g/mol. The number of carboxylic acids is 1. The molecule has 0 atom stereocenters. The molecule has 1 amide bonds. The molecule has 0 heterocycles. The zero-order chi connectivity index (χ0) is 15.3. The van der Waals surface area contributed by atoms with E-state index >= 15 is 0 Å². The van der Waals surface area contributed by atoms with E-state index in [1.807, 2.05) is 12.1 Å². The molecule has 6 heteroatoms. The number of nitrogens with one attached hydrogen (secondary N) is 1. The molecule has 0 fully saturated rings. The maximum atomic E-state index is 11.8. The van der Waals surface area contributed by atoms with Crippen molar-refractivity contribution in [3.05, 3.63) is 27.3 Å². The van der Waals surface area contributed by atoms with E-state index in [2.05, 4.69) is 27.9 Å². The van der Waals surface area contributed by atoms with Crippen LogP contribution < -0.4 is 5.32 Å². The summed E-state index contributed by atoms with van der Waals surface area (Å²) in [6.07, 6.45) is -0.168. The first-order chi connectivity index (χ1) is 9.19. The van der Waals surface area contributed by atoms with Crippen LogP contribution in [0.5, 0.6) is 0 Å². The van der Waals surface area contributed by atoms with Crippen LogP contribution in [0.25, 0.3) is 0 Å². The number of carbonyl (C=O) groups excluding carboxylic acids is 1. The van der Waals surface area contributed by atoms with Gasteiger partial charge in [0, 0.05) is 9.99 Å². The fraction of sp³-hybridized carbons (Fsp3) is 0.429. The number of halogens is 1. The van der Waals surface area contributed by atoms with Gasteiger partial charge in [-0.05, 0) is 61.4 Å². The molecule has 0 saturated carbocycles. The first-order valence-corrected chi connectivity index (χ1v) is 7.26. The molecular formula is C14H18INO4. The zero-order valence-corrected chi connectivity index (χ0v) is 13.9. The number of aliphatic carboxylic acids is 1. The van der Waals surface area contributed by atoms with Crippen molar-refractivity contribution in [2.24, 2.45) is 0 Å². The van der Waals surface area contributed by atoms with Crippen molar-refractivity contribution in [2.75, 3.05) is 5.32 Å². The monoisotopic (exact) mass is 391 g/mol. The smallest absolute Gasteiger partial charge is 0.412 e. The fourth-order valence-corrected chi connectivity index (χ4v) is 2.25. The minimum atomic E-state index is -0.868. The van der Waals surface area contributed by atoms with Crippen LogP contribution in [-0.4, -0.2) is 22.8 Å². The van der Waals surface area contributed by atoms with Gasteiger partial charge in [0.15, 0.2) is 0 Å². The van der Waals surface area contributed by atoms with Crippen LogP contribution in [0, 0.1) is 3.57 Å². The molecule has 2 N–H and O–H groups in total. The van der Waals surface area contributed by atoms with Gasteiger partial charge in [-0.25, -0.2) is 4.79 Å². The molecule has 0 bridgehead atoms. The van der Waals surface area contributed by atoms with Gasteiger partial charge in [0.2, 0.25) is 0 Å². The van der Waals surface area contributed by atoms with Crippen LogP contribution in [0.15, 0.2) is 18.2 Å². The molecule has 5 nitrogen and oxygen atoms in total. The van der Waals surface area contributed by atoms with E-state index in [1.165, 1.54) is 0 Å². The third kappa shape index (κ3) is 5.77. The van der Waals surface area contributed by atoms with Crippen LogP contribution in [0.4, 0.5) is 10.5 Å². The summed E-state index contributed by atoms with van der Waals surface area (Å²) in [5, 5.41) is 11.5. The molecule has 0 aliphatic rings. The fourth-order valence-electron chi connectivity index (χ4n) is 1.56. The summed E-state index contributed by atoms with van der Waals surface area (Å²) >= 11 is 2.10. The highest BCUT2D eigenvalue weighted by Gasteiger charge is 2.18. The Bertz CT molecular complexity index is 508. The summed E-state index contributed by atoms with van der Waals surface area (Å²) in [6, 6.07) is 5.48. The summed E-state index contributed by atoms with van der Waals surface area (Å²) in [4.78, 5) is 22.5. The van der Waals surface area contributed by atoms with Crippen molar-refractivity contribution in [3.8, 4) is 0 Å². The van der Waals surface area contributed by atoms with Gasteiger partial charge in [-0.3, -0.25) is 10.1 Å². The maximum absolute atomic E-state index is 11.8. The number of carboxylic acid groups (broad SMARTS) is 1. The Labute approximate surface area is 131 Å². The first-order valence-electron chi connectivity index (χ1n) is 6.18. The Kier molecular flexibility index (Phi) is 5.79. The second-order valence-corrected chi connectivity index (χ2v) is 6.46. The molecule has 0 aliphatic heterocycles. The van der Waals surface area contributed by atoms with Gasteiger partial charge in [-0.15, -0.1) is 0 Å². The second-order valence-electron chi connectivity index (χ2n) is 5.29. The van der Waals surface area contributed by atoms with E-state index in [9.17, 15) is 9.59 Å². The van der Waals surface area contributed by atoms with E-state index in [-0.39, 0.29) is 6.42 Å².